The lowest BCUT2D eigenvalue weighted by Crippen LogP contribution is -2.33. The number of hydrogen-bond donors (Lipinski definition) is 2. The zero-order valence-corrected chi connectivity index (χ0v) is 12.1. The number of nitrogens with zero attached hydrogens (tertiary/aromatic N) is 4. The Morgan fingerprint density at radius 1 is 1.67 bits per heavy atom. The van der Waals surface area contributed by atoms with Gasteiger partial charge < -0.3 is 9.84 Å². The third-order valence-electron chi connectivity index (χ3n) is 3.23. The van der Waals surface area contributed by atoms with Gasteiger partial charge in [-0.2, -0.15) is 0 Å². The molecule has 1 aromatic heterocycles. The highest BCUT2D eigenvalue weighted by Gasteiger charge is 2.36. The Bertz CT molecular complexity index is 665. The lowest BCUT2D eigenvalue weighted by molar-refractivity contribution is -0.0238. The minimum absolute atomic E-state index is 0.0929. The second kappa shape index (κ2) is 6.81. The van der Waals surface area contributed by atoms with Crippen molar-refractivity contribution in [2.75, 3.05) is 12.5 Å². The Balaban J connectivity index is 2.19. The molecule has 2 rings (SSSR count). The molecule has 2 heterocycles. The van der Waals surface area contributed by atoms with Gasteiger partial charge in [-0.1, -0.05) is 5.11 Å². The average molecular weight is 313 g/mol. The van der Waals surface area contributed by atoms with Crippen molar-refractivity contribution in [3.63, 3.8) is 0 Å². The number of aliphatic hydroxyl groups excluding tert-OH is 1. The number of rotatable bonds is 5. The van der Waals surface area contributed by atoms with Crippen molar-refractivity contribution < 1.29 is 9.84 Å². The van der Waals surface area contributed by atoms with E-state index in [2.05, 4.69) is 15.0 Å². The number of H-pyrrole nitrogens is 1. The third-order valence-corrected chi connectivity index (χ3v) is 4.41. The molecule has 0 aromatic carbocycles. The van der Waals surface area contributed by atoms with Crippen molar-refractivity contribution in [2.24, 2.45) is 5.11 Å². The molecule has 1 aliphatic heterocycles. The largest absolute Gasteiger partial charge is 0.394 e. The van der Waals surface area contributed by atoms with Gasteiger partial charge in [-0.25, -0.2) is 4.79 Å². The van der Waals surface area contributed by atoms with Crippen molar-refractivity contribution in [3.05, 3.63) is 43.0 Å². The second-order valence-electron chi connectivity index (χ2n) is 4.59. The lowest BCUT2D eigenvalue weighted by Gasteiger charge is -2.15. The zero-order chi connectivity index (χ0) is 15.4. The molecular formula is C11H15N5O4S. The molecule has 0 radical (unpaired) electrons. The molecule has 0 bridgehead atoms. The monoisotopic (exact) mass is 313 g/mol. The van der Waals surface area contributed by atoms with Gasteiger partial charge in [0.15, 0.2) is 0 Å². The summed E-state index contributed by atoms with van der Waals surface area (Å²) in [6, 6.07) is 0. The first-order chi connectivity index (χ1) is 10.1. The van der Waals surface area contributed by atoms with Crippen LogP contribution in [0.1, 0.15) is 18.2 Å². The summed E-state index contributed by atoms with van der Waals surface area (Å²) >= 11 is 1.36. The van der Waals surface area contributed by atoms with Crippen LogP contribution in [0.4, 0.5) is 0 Å². The van der Waals surface area contributed by atoms with Crippen molar-refractivity contribution >= 4 is 11.8 Å². The van der Waals surface area contributed by atoms with E-state index >= 15 is 0 Å². The summed E-state index contributed by atoms with van der Waals surface area (Å²) in [6.07, 6.45) is 0.907. The molecular weight excluding hydrogens is 298 g/mol. The fraction of sp³-hybridized carbons (Fsp3) is 0.636. The van der Waals surface area contributed by atoms with Gasteiger partial charge in [-0.05, 0) is 12.5 Å². The Morgan fingerprint density at radius 3 is 3.10 bits per heavy atom. The van der Waals surface area contributed by atoms with Crippen LogP contribution in [0.2, 0.25) is 0 Å². The van der Waals surface area contributed by atoms with Gasteiger partial charge in [0.25, 0.3) is 5.56 Å². The van der Waals surface area contributed by atoms with Crippen molar-refractivity contribution in [1.82, 2.24) is 9.55 Å². The Hall–Kier alpha value is -1.74. The molecule has 3 atom stereocenters. The van der Waals surface area contributed by atoms with E-state index in [4.69, 9.17) is 10.3 Å². The van der Waals surface area contributed by atoms with Gasteiger partial charge in [0, 0.05) is 28.3 Å². The molecule has 1 unspecified atom stereocenters. The first kappa shape index (κ1) is 15.6. The summed E-state index contributed by atoms with van der Waals surface area (Å²) in [5.41, 5.74) is 7.70. The lowest BCUT2D eigenvalue weighted by atomic mass is 10.2. The molecule has 2 N–H and O–H groups in total. The summed E-state index contributed by atoms with van der Waals surface area (Å²) in [5, 5.41) is 12.7. The first-order valence-electron chi connectivity index (χ1n) is 6.27. The molecule has 9 nitrogen and oxygen atoms in total. The molecule has 21 heavy (non-hydrogen) atoms. The number of aryl methyl sites for hydroxylation is 1. The number of ether oxygens (including phenoxy) is 1. The average Bonchev–Trinajstić information content (AvgIpc) is 2.86. The fourth-order valence-corrected chi connectivity index (χ4v) is 3.14. The number of thioether (sulfide) groups is 1. The molecule has 0 aliphatic carbocycles. The second-order valence-corrected chi connectivity index (χ2v) is 5.79. The summed E-state index contributed by atoms with van der Waals surface area (Å²) < 4.78 is 6.96. The predicted molar refractivity (Wildman–Crippen MR) is 77.1 cm³/mol. The first-order valence-corrected chi connectivity index (χ1v) is 7.32. The fourth-order valence-electron chi connectivity index (χ4n) is 2.17. The van der Waals surface area contributed by atoms with Crippen LogP contribution in [0, 0.1) is 6.92 Å². The van der Waals surface area contributed by atoms with Gasteiger partial charge >= 0.3 is 5.69 Å². The summed E-state index contributed by atoms with van der Waals surface area (Å²) in [4.78, 5) is 28.1. The molecule has 1 fully saturated rings. The number of aliphatic hydroxyl groups is 1. The van der Waals surface area contributed by atoms with E-state index in [-0.39, 0.29) is 17.7 Å². The van der Waals surface area contributed by atoms with E-state index in [1.165, 1.54) is 22.5 Å². The minimum Gasteiger partial charge on any atom is -0.394 e. The van der Waals surface area contributed by atoms with E-state index < -0.39 is 23.6 Å². The van der Waals surface area contributed by atoms with E-state index in [9.17, 15) is 14.7 Å². The van der Waals surface area contributed by atoms with Crippen molar-refractivity contribution in [2.45, 2.75) is 30.9 Å². The standard InChI is InChI=1S/C11H15N5O4S/c1-6-3-16(11(19)14-10(6)18)9-2-8(7(4-17)20-9)21-5-13-15-12/h3,7-9,17H,2,4-5H2,1H3,(H,14,18,19)/t7-,8?,9-/m1/s1. The van der Waals surface area contributed by atoms with Gasteiger partial charge in [-0.3, -0.25) is 14.3 Å². The maximum atomic E-state index is 11.8. The highest BCUT2D eigenvalue weighted by atomic mass is 32.2. The minimum atomic E-state index is -0.561. The van der Waals surface area contributed by atoms with Gasteiger partial charge in [0.1, 0.15) is 6.23 Å². The number of hydrogen-bond acceptors (Lipinski definition) is 6. The maximum Gasteiger partial charge on any atom is 0.330 e. The SMILES string of the molecule is Cc1cn([C@H]2CC(SCN=[N+]=[N-])[C@@H](CO)O2)c(=O)[nH]c1=O. The van der Waals surface area contributed by atoms with Crippen molar-refractivity contribution in [3.8, 4) is 0 Å². The normalized spacial score (nSPS) is 24.8. The predicted octanol–water partition coefficient (Wildman–Crippen LogP) is 0.494. The number of azide groups is 1. The third kappa shape index (κ3) is 3.48. The van der Waals surface area contributed by atoms with Crippen LogP contribution in [0.3, 0.4) is 0 Å². The summed E-state index contributed by atoms with van der Waals surface area (Å²) in [7, 11) is 0. The Morgan fingerprint density at radius 2 is 2.43 bits per heavy atom. The molecule has 0 amide bonds. The van der Waals surface area contributed by atoms with E-state index in [0.29, 0.717) is 12.0 Å². The zero-order valence-electron chi connectivity index (χ0n) is 11.3. The summed E-state index contributed by atoms with van der Waals surface area (Å²) in [5.74, 6) is 0.229. The highest BCUT2D eigenvalue weighted by molar-refractivity contribution is 7.99. The highest BCUT2D eigenvalue weighted by Crippen LogP contribution is 2.35. The Kier molecular flexibility index (Phi) is 5.07. The summed E-state index contributed by atoms with van der Waals surface area (Å²) in [6.45, 7) is 1.41. The maximum absolute atomic E-state index is 11.8. The van der Waals surface area contributed by atoms with Crippen LogP contribution in [0.15, 0.2) is 20.9 Å². The van der Waals surface area contributed by atoms with Crippen LogP contribution in [0.25, 0.3) is 10.4 Å². The van der Waals surface area contributed by atoms with Crippen LogP contribution >= 0.6 is 11.8 Å². The molecule has 0 spiro atoms. The molecule has 1 saturated heterocycles. The smallest absolute Gasteiger partial charge is 0.330 e. The van der Waals surface area contributed by atoms with E-state index in [1.807, 2.05) is 0 Å². The quantitative estimate of drug-likeness (QED) is 0.464. The number of aromatic nitrogens is 2. The van der Waals surface area contributed by atoms with E-state index in [0.717, 1.165) is 0 Å². The Labute approximate surface area is 123 Å². The van der Waals surface area contributed by atoms with Gasteiger partial charge in [-0.15, -0.1) is 11.8 Å². The molecule has 114 valence electrons. The molecule has 1 aromatic rings. The van der Waals surface area contributed by atoms with Crippen LogP contribution in [-0.2, 0) is 4.74 Å². The van der Waals surface area contributed by atoms with Crippen LogP contribution in [-0.4, -0.2) is 38.5 Å². The molecule has 1 aliphatic rings. The number of nitrogens with one attached hydrogen (secondary N) is 1. The van der Waals surface area contributed by atoms with Crippen molar-refractivity contribution in [1.29, 1.82) is 0 Å². The van der Waals surface area contributed by atoms with Gasteiger partial charge in [0.2, 0.25) is 0 Å². The topological polar surface area (TPSA) is 133 Å². The number of aromatic amines is 1. The molecule has 0 saturated carbocycles. The van der Waals surface area contributed by atoms with E-state index in [1.54, 1.807) is 6.92 Å². The molecule has 10 heteroatoms. The van der Waals surface area contributed by atoms with Crippen LogP contribution < -0.4 is 11.2 Å². The van der Waals surface area contributed by atoms with Crippen LogP contribution in [0.5, 0.6) is 0 Å². The van der Waals surface area contributed by atoms with Gasteiger partial charge in [0.05, 0.1) is 18.6 Å².